The molecule has 0 aliphatic rings. The van der Waals surface area contributed by atoms with Crippen molar-refractivity contribution in [3.8, 4) is 11.8 Å². The Labute approximate surface area is 105 Å². The molecule has 0 atom stereocenters. The van der Waals surface area contributed by atoms with Crippen molar-refractivity contribution in [3.63, 3.8) is 0 Å². The van der Waals surface area contributed by atoms with Gasteiger partial charge in [0.2, 0.25) is 0 Å². The Morgan fingerprint density at radius 3 is 2.61 bits per heavy atom. The van der Waals surface area contributed by atoms with Gasteiger partial charge in [-0.15, -0.1) is 5.10 Å². The summed E-state index contributed by atoms with van der Waals surface area (Å²) in [6.45, 7) is 6.04. The molecule has 0 spiro atoms. The van der Waals surface area contributed by atoms with Gasteiger partial charge in [-0.3, -0.25) is 0 Å². The second kappa shape index (κ2) is 4.22. The molecule has 0 saturated heterocycles. The van der Waals surface area contributed by atoms with Crippen molar-refractivity contribution in [3.05, 3.63) is 41.5 Å². The predicted octanol–water partition coefficient (Wildman–Crippen LogP) is 2.58. The van der Waals surface area contributed by atoms with Crippen molar-refractivity contribution < 1.29 is 4.39 Å². The maximum atomic E-state index is 13.2. The first-order valence-electron chi connectivity index (χ1n) is 5.54. The molecule has 0 bridgehead atoms. The molecular formula is C13H13FN4. The van der Waals surface area contributed by atoms with Gasteiger partial charge in [0.25, 0.3) is 0 Å². The molecule has 4 nitrogen and oxygen atoms in total. The van der Waals surface area contributed by atoms with Crippen LogP contribution in [0.15, 0.2) is 24.4 Å². The van der Waals surface area contributed by atoms with Crippen molar-refractivity contribution in [1.82, 2.24) is 15.0 Å². The summed E-state index contributed by atoms with van der Waals surface area (Å²) in [7, 11) is 0. The first kappa shape index (κ1) is 12.2. The molecule has 1 aromatic carbocycles. The number of hydrogen-bond acceptors (Lipinski definition) is 3. The van der Waals surface area contributed by atoms with E-state index in [9.17, 15) is 4.39 Å². The first-order valence-corrected chi connectivity index (χ1v) is 5.54. The van der Waals surface area contributed by atoms with Gasteiger partial charge in [0, 0.05) is 11.5 Å². The fourth-order valence-electron chi connectivity index (χ4n) is 1.51. The molecule has 18 heavy (non-hydrogen) atoms. The monoisotopic (exact) mass is 244 g/mol. The average molecular weight is 244 g/mol. The Balaban J connectivity index is 2.53. The zero-order valence-corrected chi connectivity index (χ0v) is 10.5. The highest BCUT2D eigenvalue weighted by atomic mass is 19.1. The Morgan fingerprint density at radius 1 is 1.33 bits per heavy atom. The lowest BCUT2D eigenvalue weighted by Gasteiger charge is -2.13. The van der Waals surface area contributed by atoms with Gasteiger partial charge in [-0.2, -0.15) is 5.26 Å². The fraction of sp³-hybridized carbons (Fsp3) is 0.308. The molecule has 0 N–H and O–H groups in total. The summed E-state index contributed by atoms with van der Waals surface area (Å²) in [5.41, 5.74) is 1.41. The maximum absolute atomic E-state index is 13.2. The van der Waals surface area contributed by atoms with Crippen LogP contribution in [-0.4, -0.2) is 15.0 Å². The van der Waals surface area contributed by atoms with E-state index in [-0.39, 0.29) is 5.41 Å². The van der Waals surface area contributed by atoms with Crippen LogP contribution in [0.1, 0.15) is 32.0 Å². The largest absolute Gasteiger partial charge is 0.219 e. The third-order valence-corrected chi connectivity index (χ3v) is 2.59. The van der Waals surface area contributed by atoms with E-state index in [4.69, 9.17) is 5.26 Å². The minimum atomic E-state index is -0.406. The summed E-state index contributed by atoms with van der Waals surface area (Å²) in [4.78, 5) is 0. The topological polar surface area (TPSA) is 54.5 Å². The minimum Gasteiger partial charge on any atom is -0.219 e. The van der Waals surface area contributed by atoms with Crippen molar-refractivity contribution in [2.75, 3.05) is 0 Å². The second-order valence-corrected chi connectivity index (χ2v) is 5.07. The van der Waals surface area contributed by atoms with Crippen LogP contribution in [0, 0.1) is 17.1 Å². The van der Waals surface area contributed by atoms with Crippen LogP contribution < -0.4 is 0 Å². The summed E-state index contributed by atoms with van der Waals surface area (Å²) in [6, 6.07) is 5.98. The van der Waals surface area contributed by atoms with E-state index in [1.54, 1.807) is 6.20 Å². The van der Waals surface area contributed by atoms with Crippen LogP contribution in [0.3, 0.4) is 0 Å². The zero-order valence-electron chi connectivity index (χ0n) is 10.5. The van der Waals surface area contributed by atoms with E-state index in [1.165, 1.54) is 22.9 Å². The van der Waals surface area contributed by atoms with Crippen molar-refractivity contribution >= 4 is 0 Å². The van der Waals surface area contributed by atoms with Crippen LogP contribution >= 0.6 is 0 Å². The highest BCUT2D eigenvalue weighted by Crippen LogP contribution is 2.21. The first-order chi connectivity index (χ1) is 8.41. The lowest BCUT2D eigenvalue weighted by molar-refractivity contribution is 0.566. The van der Waals surface area contributed by atoms with Crippen LogP contribution in [0.25, 0.3) is 5.69 Å². The quantitative estimate of drug-likeness (QED) is 0.774. The van der Waals surface area contributed by atoms with Crippen molar-refractivity contribution in [2.24, 2.45) is 0 Å². The van der Waals surface area contributed by atoms with E-state index >= 15 is 0 Å². The van der Waals surface area contributed by atoms with Crippen LogP contribution in [0.4, 0.5) is 4.39 Å². The number of aromatic nitrogens is 3. The number of hydrogen-bond donors (Lipinski definition) is 0. The molecule has 0 saturated carbocycles. The summed E-state index contributed by atoms with van der Waals surface area (Å²) < 4.78 is 14.7. The van der Waals surface area contributed by atoms with Gasteiger partial charge in [-0.1, -0.05) is 26.0 Å². The highest BCUT2D eigenvalue weighted by Gasteiger charge is 2.19. The van der Waals surface area contributed by atoms with Gasteiger partial charge in [-0.05, 0) is 12.1 Å². The minimum absolute atomic E-state index is 0.140. The molecule has 0 amide bonds. The lowest BCUT2D eigenvalue weighted by Crippen LogP contribution is -2.11. The van der Waals surface area contributed by atoms with Crippen molar-refractivity contribution in [1.29, 1.82) is 5.26 Å². The number of halogens is 1. The molecule has 0 aliphatic heterocycles. The maximum Gasteiger partial charge on any atom is 0.125 e. The Hall–Kier alpha value is -2.22. The molecule has 1 heterocycles. The van der Waals surface area contributed by atoms with Gasteiger partial charge < -0.3 is 0 Å². The molecular weight excluding hydrogens is 231 g/mol. The van der Waals surface area contributed by atoms with Gasteiger partial charge >= 0.3 is 0 Å². The number of benzene rings is 1. The van der Waals surface area contributed by atoms with E-state index in [0.717, 1.165) is 5.69 Å². The van der Waals surface area contributed by atoms with Crippen molar-refractivity contribution in [2.45, 2.75) is 26.2 Å². The Bertz CT molecular complexity index is 617. The van der Waals surface area contributed by atoms with Gasteiger partial charge in [0.1, 0.15) is 11.9 Å². The predicted molar refractivity (Wildman–Crippen MR) is 64.7 cm³/mol. The summed E-state index contributed by atoms with van der Waals surface area (Å²) >= 11 is 0. The standard InChI is InChI=1S/C13H13FN4/c1-13(2,3)12-8-18(17-16-12)11-6-10(14)5-4-9(11)7-15/h4-6,8H,1-3H3. The SMILES string of the molecule is CC(C)(C)c1cn(-c2cc(F)ccc2C#N)nn1. The third kappa shape index (κ3) is 2.23. The smallest absolute Gasteiger partial charge is 0.125 e. The normalized spacial score (nSPS) is 11.3. The lowest BCUT2D eigenvalue weighted by atomic mass is 9.93. The van der Waals surface area contributed by atoms with E-state index in [2.05, 4.69) is 10.3 Å². The molecule has 1 aromatic heterocycles. The molecule has 2 rings (SSSR count). The zero-order chi connectivity index (χ0) is 13.3. The summed E-state index contributed by atoms with van der Waals surface area (Å²) in [5.74, 6) is -0.406. The van der Waals surface area contributed by atoms with E-state index in [1.807, 2.05) is 26.8 Å². The number of nitriles is 1. The number of rotatable bonds is 1. The average Bonchev–Trinajstić information content (AvgIpc) is 2.77. The summed E-state index contributed by atoms with van der Waals surface area (Å²) in [5, 5.41) is 17.0. The molecule has 0 unspecified atom stereocenters. The van der Waals surface area contributed by atoms with Crippen LogP contribution in [0.5, 0.6) is 0 Å². The molecule has 2 aromatic rings. The summed E-state index contributed by atoms with van der Waals surface area (Å²) in [6.07, 6.45) is 1.72. The molecule has 0 aliphatic carbocycles. The van der Waals surface area contributed by atoms with Gasteiger partial charge in [0.05, 0.1) is 23.1 Å². The van der Waals surface area contributed by atoms with Gasteiger partial charge in [-0.25, -0.2) is 9.07 Å². The molecule has 5 heteroatoms. The second-order valence-electron chi connectivity index (χ2n) is 5.07. The molecule has 0 radical (unpaired) electrons. The van der Waals surface area contributed by atoms with Crippen LogP contribution in [-0.2, 0) is 5.41 Å². The molecule has 92 valence electrons. The highest BCUT2D eigenvalue weighted by molar-refractivity contribution is 5.48. The van der Waals surface area contributed by atoms with Gasteiger partial charge in [0.15, 0.2) is 0 Å². The van der Waals surface area contributed by atoms with E-state index in [0.29, 0.717) is 11.3 Å². The van der Waals surface area contributed by atoms with Crippen LogP contribution in [0.2, 0.25) is 0 Å². The Kier molecular flexibility index (Phi) is 2.87. The third-order valence-electron chi connectivity index (χ3n) is 2.59. The Morgan fingerprint density at radius 2 is 2.06 bits per heavy atom. The molecule has 0 fully saturated rings. The number of nitrogens with zero attached hydrogens (tertiary/aromatic N) is 4. The fourth-order valence-corrected chi connectivity index (χ4v) is 1.51. The van der Waals surface area contributed by atoms with E-state index < -0.39 is 5.82 Å².